The van der Waals surface area contributed by atoms with Crippen LogP contribution in [0, 0.1) is 11.8 Å². The number of benzene rings is 1. The minimum absolute atomic E-state index is 0.257. The van der Waals surface area contributed by atoms with E-state index < -0.39 is 0 Å². The molecule has 1 aromatic carbocycles. The minimum Gasteiger partial charge on any atom is -0.492 e. The van der Waals surface area contributed by atoms with Crippen molar-refractivity contribution in [3.63, 3.8) is 0 Å². The maximum atomic E-state index is 12.6. The van der Waals surface area contributed by atoms with Gasteiger partial charge >= 0.3 is 0 Å². The zero-order valence-corrected chi connectivity index (χ0v) is 13.2. The van der Waals surface area contributed by atoms with Crippen LogP contribution in [0.3, 0.4) is 0 Å². The van der Waals surface area contributed by atoms with Gasteiger partial charge in [-0.25, -0.2) is 0 Å². The van der Waals surface area contributed by atoms with Crippen molar-refractivity contribution in [2.45, 2.75) is 32.1 Å². The third kappa shape index (κ3) is 3.80. The largest absolute Gasteiger partial charge is 0.492 e. The molecule has 4 nitrogen and oxygen atoms in total. The molecule has 1 heterocycles. The van der Waals surface area contributed by atoms with E-state index in [0.29, 0.717) is 19.6 Å². The Balaban J connectivity index is 1.59. The fourth-order valence-corrected chi connectivity index (χ4v) is 3.84. The van der Waals surface area contributed by atoms with Gasteiger partial charge in [-0.1, -0.05) is 18.6 Å². The fourth-order valence-electron chi connectivity index (χ4n) is 3.84. The van der Waals surface area contributed by atoms with Crippen LogP contribution in [-0.2, 0) is 11.2 Å². The van der Waals surface area contributed by atoms with Crippen molar-refractivity contribution in [3.05, 3.63) is 29.8 Å². The van der Waals surface area contributed by atoms with E-state index >= 15 is 0 Å². The van der Waals surface area contributed by atoms with Gasteiger partial charge in [0.1, 0.15) is 12.4 Å². The van der Waals surface area contributed by atoms with Gasteiger partial charge in [0, 0.05) is 19.6 Å². The van der Waals surface area contributed by atoms with Crippen LogP contribution in [0.4, 0.5) is 0 Å². The van der Waals surface area contributed by atoms with E-state index in [1.54, 1.807) is 0 Å². The van der Waals surface area contributed by atoms with Crippen molar-refractivity contribution in [3.8, 4) is 5.75 Å². The molecule has 1 saturated carbocycles. The van der Waals surface area contributed by atoms with E-state index in [1.807, 2.05) is 24.3 Å². The summed E-state index contributed by atoms with van der Waals surface area (Å²) < 4.78 is 5.53. The molecule has 0 radical (unpaired) electrons. The molecule has 2 aliphatic rings. The molecule has 1 amide bonds. The first-order chi connectivity index (χ1) is 10.7. The van der Waals surface area contributed by atoms with Gasteiger partial charge in [0.2, 0.25) is 5.91 Å². The van der Waals surface area contributed by atoms with Crippen molar-refractivity contribution in [1.29, 1.82) is 0 Å². The Kier molecular flexibility index (Phi) is 4.98. The molecule has 4 heteroatoms. The number of carbonyl (C=O) groups is 1. The average Bonchev–Trinajstić information content (AvgIpc) is 2.53. The normalized spacial score (nSPS) is 24.1. The van der Waals surface area contributed by atoms with Crippen molar-refractivity contribution in [1.82, 2.24) is 4.90 Å². The summed E-state index contributed by atoms with van der Waals surface area (Å²) in [6.07, 6.45) is 5.73. The summed E-state index contributed by atoms with van der Waals surface area (Å²) in [5.41, 5.74) is 6.47. The number of ether oxygens (including phenoxy) is 1. The van der Waals surface area contributed by atoms with Crippen LogP contribution in [0.1, 0.15) is 31.2 Å². The molecule has 0 aromatic heterocycles. The highest BCUT2D eigenvalue weighted by Crippen LogP contribution is 2.34. The number of hydrogen-bond acceptors (Lipinski definition) is 3. The van der Waals surface area contributed by atoms with Crippen LogP contribution in [0.5, 0.6) is 5.75 Å². The smallest absolute Gasteiger partial charge is 0.227 e. The highest BCUT2D eigenvalue weighted by atomic mass is 16.5. The first-order valence-corrected chi connectivity index (χ1v) is 8.44. The number of nitrogens with two attached hydrogens (primary N) is 1. The molecule has 1 aliphatic carbocycles. The lowest BCUT2D eigenvalue weighted by Crippen LogP contribution is -2.46. The number of piperidine rings is 1. The van der Waals surface area contributed by atoms with Crippen LogP contribution >= 0.6 is 0 Å². The van der Waals surface area contributed by atoms with Gasteiger partial charge in [-0.15, -0.1) is 0 Å². The van der Waals surface area contributed by atoms with Crippen molar-refractivity contribution >= 4 is 5.91 Å². The van der Waals surface area contributed by atoms with Crippen LogP contribution < -0.4 is 10.5 Å². The van der Waals surface area contributed by atoms with Gasteiger partial charge in [-0.05, 0) is 48.8 Å². The van der Waals surface area contributed by atoms with E-state index in [1.165, 1.54) is 25.7 Å². The third-order valence-corrected chi connectivity index (χ3v) is 4.84. The minimum atomic E-state index is 0.257. The van der Waals surface area contributed by atoms with E-state index in [9.17, 15) is 4.79 Å². The molecule has 22 heavy (non-hydrogen) atoms. The number of fused-ring (bicyclic) bond motifs is 2. The molecule has 1 aromatic rings. The molecule has 2 bridgehead atoms. The Morgan fingerprint density at radius 1 is 1.27 bits per heavy atom. The fraction of sp³-hybridized carbons (Fsp3) is 0.611. The van der Waals surface area contributed by atoms with Crippen molar-refractivity contribution < 1.29 is 9.53 Å². The maximum absolute atomic E-state index is 12.6. The molecule has 120 valence electrons. The predicted octanol–water partition coefficient (Wildman–Crippen LogP) is 2.22. The number of rotatable bonds is 5. The van der Waals surface area contributed by atoms with E-state index in [-0.39, 0.29) is 5.91 Å². The zero-order valence-electron chi connectivity index (χ0n) is 13.2. The Hall–Kier alpha value is -1.55. The third-order valence-electron chi connectivity index (χ3n) is 4.84. The summed E-state index contributed by atoms with van der Waals surface area (Å²) in [6, 6.07) is 7.81. The first-order valence-electron chi connectivity index (χ1n) is 8.44. The average molecular weight is 302 g/mol. The Morgan fingerprint density at radius 3 is 2.77 bits per heavy atom. The van der Waals surface area contributed by atoms with Gasteiger partial charge in [-0.3, -0.25) is 4.79 Å². The number of nitrogens with zero attached hydrogens (tertiary/aromatic N) is 1. The first kappa shape index (κ1) is 15.3. The molecular formula is C18H26N2O2. The van der Waals surface area contributed by atoms with Gasteiger partial charge in [0.25, 0.3) is 0 Å². The molecule has 1 saturated heterocycles. The quantitative estimate of drug-likeness (QED) is 0.907. The highest BCUT2D eigenvalue weighted by Gasteiger charge is 2.32. The van der Waals surface area contributed by atoms with Gasteiger partial charge in [-0.2, -0.15) is 0 Å². The standard InChI is InChI=1S/C18H26N2O2/c19-7-8-22-17-6-2-3-14(10-17)11-18(21)20-12-15-4-1-5-16(9-15)13-20/h2-3,6,10,15-16H,1,4-5,7-9,11-13,19H2/t15-,16-/m0/s1. The Bertz CT molecular complexity index is 506. The SMILES string of the molecule is NCCOc1cccc(CC(=O)N2C[C@H]3CCC[C@@H](C3)C2)c1. The van der Waals surface area contributed by atoms with Gasteiger partial charge < -0.3 is 15.4 Å². The molecular weight excluding hydrogens is 276 g/mol. The number of likely N-dealkylation sites (tertiary alicyclic amines) is 1. The second-order valence-corrected chi connectivity index (χ2v) is 6.66. The molecule has 1 aliphatic heterocycles. The molecule has 0 unspecified atom stereocenters. The number of amides is 1. The summed E-state index contributed by atoms with van der Waals surface area (Å²) in [4.78, 5) is 14.7. The second kappa shape index (κ2) is 7.14. The van der Waals surface area contributed by atoms with Gasteiger partial charge in [0.05, 0.1) is 6.42 Å². The van der Waals surface area contributed by atoms with Gasteiger partial charge in [0.15, 0.2) is 0 Å². The summed E-state index contributed by atoms with van der Waals surface area (Å²) in [5.74, 6) is 2.52. The summed E-state index contributed by atoms with van der Waals surface area (Å²) in [5, 5.41) is 0. The predicted molar refractivity (Wildman–Crippen MR) is 86.7 cm³/mol. The Morgan fingerprint density at radius 2 is 2.05 bits per heavy atom. The lowest BCUT2D eigenvalue weighted by molar-refractivity contribution is -0.134. The van der Waals surface area contributed by atoms with Crippen molar-refractivity contribution in [2.75, 3.05) is 26.2 Å². The van der Waals surface area contributed by atoms with Crippen molar-refractivity contribution in [2.24, 2.45) is 17.6 Å². The van der Waals surface area contributed by atoms with Crippen LogP contribution in [-0.4, -0.2) is 37.0 Å². The summed E-state index contributed by atoms with van der Waals surface area (Å²) in [6.45, 7) is 2.92. The van der Waals surface area contributed by atoms with Crippen LogP contribution in [0.25, 0.3) is 0 Å². The zero-order chi connectivity index (χ0) is 15.4. The lowest BCUT2D eigenvalue weighted by Gasteiger charge is -2.41. The van der Waals surface area contributed by atoms with Crippen LogP contribution in [0.2, 0.25) is 0 Å². The van der Waals surface area contributed by atoms with E-state index in [4.69, 9.17) is 10.5 Å². The topological polar surface area (TPSA) is 55.6 Å². The van der Waals surface area contributed by atoms with E-state index in [0.717, 1.165) is 36.2 Å². The molecule has 0 spiro atoms. The van der Waals surface area contributed by atoms with E-state index in [2.05, 4.69) is 4.90 Å². The summed E-state index contributed by atoms with van der Waals surface area (Å²) >= 11 is 0. The second-order valence-electron chi connectivity index (χ2n) is 6.66. The molecule has 2 N–H and O–H groups in total. The summed E-state index contributed by atoms with van der Waals surface area (Å²) in [7, 11) is 0. The number of hydrogen-bond donors (Lipinski definition) is 1. The lowest BCUT2D eigenvalue weighted by atomic mass is 9.78. The van der Waals surface area contributed by atoms with Crippen LogP contribution in [0.15, 0.2) is 24.3 Å². The maximum Gasteiger partial charge on any atom is 0.227 e. The Labute approximate surface area is 132 Å². The highest BCUT2D eigenvalue weighted by molar-refractivity contribution is 5.79. The molecule has 3 rings (SSSR count). The number of carbonyl (C=O) groups excluding carboxylic acids is 1. The molecule has 2 atom stereocenters. The monoisotopic (exact) mass is 302 g/mol. The molecule has 2 fully saturated rings.